The first kappa shape index (κ1) is 12.8. The molecule has 0 bridgehead atoms. The van der Waals surface area contributed by atoms with Gasteiger partial charge in [0.15, 0.2) is 0 Å². The molecule has 0 heterocycles. The molecule has 0 saturated heterocycles. The lowest BCUT2D eigenvalue weighted by atomic mass is 10.2. The molecule has 0 aromatic rings. The number of amides is 1. The highest BCUT2D eigenvalue weighted by atomic mass is 32.2. The van der Waals surface area contributed by atoms with Gasteiger partial charge >= 0.3 is 0 Å². The zero-order valence-corrected chi connectivity index (χ0v) is 10.4. The molecular weight excluding hydrogens is 210 g/mol. The van der Waals surface area contributed by atoms with Crippen molar-refractivity contribution in [2.75, 3.05) is 19.0 Å². The monoisotopic (exact) mass is 231 g/mol. The van der Waals surface area contributed by atoms with Gasteiger partial charge in [0.1, 0.15) is 6.61 Å². The quantitative estimate of drug-likeness (QED) is 0.757. The van der Waals surface area contributed by atoms with Crippen molar-refractivity contribution in [1.29, 1.82) is 0 Å². The maximum absolute atomic E-state index is 11.5. The first-order valence-corrected chi connectivity index (χ1v) is 6.81. The van der Waals surface area contributed by atoms with Gasteiger partial charge < -0.3 is 10.1 Å². The van der Waals surface area contributed by atoms with Gasteiger partial charge in [-0.15, -0.1) is 0 Å². The van der Waals surface area contributed by atoms with E-state index in [1.54, 1.807) is 0 Å². The molecule has 1 aliphatic rings. The van der Waals surface area contributed by atoms with Gasteiger partial charge in [-0.05, 0) is 25.5 Å². The SMILES string of the molecule is CCOCC(=O)NC1CCCC1SCC. The Hall–Kier alpha value is -0.220. The van der Waals surface area contributed by atoms with Crippen LogP contribution in [0.1, 0.15) is 33.1 Å². The van der Waals surface area contributed by atoms with Gasteiger partial charge in [0.05, 0.1) is 0 Å². The Morgan fingerprint density at radius 2 is 2.27 bits per heavy atom. The molecule has 3 nitrogen and oxygen atoms in total. The minimum absolute atomic E-state index is 0.0328. The second-order valence-corrected chi connectivity index (χ2v) is 5.25. The summed E-state index contributed by atoms with van der Waals surface area (Å²) in [5.41, 5.74) is 0. The van der Waals surface area contributed by atoms with E-state index in [1.165, 1.54) is 12.8 Å². The standard InChI is InChI=1S/C11H21NO2S/c1-3-14-8-11(13)12-9-6-5-7-10(9)15-4-2/h9-10H,3-8H2,1-2H3,(H,12,13). The van der Waals surface area contributed by atoms with Crippen LogP contribution < -0.4 is 5.32 Å². The van der Waals surface area contributed by atoms with Crippen LogP contribution in [0.15, 0.2) is 0 Å². The van der Waals surface area contributed by atoms with Crippen molar-refractivity contribution < 1.29 is 9.53 Å². The van der Waals surface area contributed by atoms with Gasteiger partial charge in [-0.25, -0.2) is 0 Å². The average Bonchev–Trinajstić information content (AvgIpc) is 2.63. The van der Waals surface area contributed by atoms with Gasteiger partial charge in [-0.3, -0.25) is 4.79 Å². The Balaban J connectivity index is 2.26. The van der Waals surface area contributed by atoms with Crippen molar-refractivity contribution in [2.45, 2.75) is 44.4 Å². The van der Waals surface area contributed by atoms with Crippen LogP contribution in [0.4, 0.5) is 0 Å². The Morgan fingerprint density at radius 1 is 1.47 bits per heavy atom. The Kier molecular flexibility index (Phi) is 6.10. The molecule has 15 heavy (non-hydrogen) atoms. The summed E-state index contributed by atoms with van der Waals surface area (Å²) in [7, 11) is 0. The van der Waals surface area contributed by atoms with Gasteiger partial charge in [-0.1, -0.05) is 13.3 Å². The zero-order chi connectivity index (χ0) is 11.1. The molecule has 1 saturated carbocycles. The third-order valence-electron chi connectivity index (χ3n) is 2.62. The fourth-order valence-corrected chi connectivity index (χ4v) is 3.15. The zero-order valence-electron chi connectivity index (χ0n) is 9.62. The van der Waals surface area contributed by atoms with E-state index in [9.17, 15) is 4.79 Å². The third kappa shape index (κ3) is 4.43. The number of nitrogens with one attached hydrogen (secondary N) is 1. The first-order valence-electron chi connectivity index (χ1n) is 5.76. The maximum atomic E-state index is 11.5. The summed E-state index contributed by atoms with van der Waals surface area (Å²) in [6.07, 6.45) is 3.59. The summed E-state index contributed by atoms with van der Waals surface area (Å²) in [6, 6.07) is 0.364. The topological polar surface area (TPSA) is 38.3 Å². The third-order valence-corrected chi connectivity index (χ3v) is 3.94. The number of thioether (sulfide) groups is 1. The van der Waals surface area contributed by atoms with Gasteiger partial charge in [0.2, 0.25) is 5.91 Å². The molecule has 2 atom stereocenters. The Labute approximate surface area is 96.3 Å². The lowest BCUT2D eigenvalue weighted by molar-refractivity contribution is -0.126. The van der Waals surface area contributed by atoms with E-state index in [0.29, 0.717) is 17.9 Å². The number of hydrogen-bond acceptors (Lipinski definition) is 3. The van der Waals surface area contributed by atoms with Crippen molar-refractivity contribution in [1.82, 2.24) is 5.32 Å². The van der Waals surface area contributed by atoms with E-state index >= 15 is 0 Å². The normalized spacial score (nSPS) is 25.5. The summed E-state index contributed by atoms with van der Waals surface area (Å²) in [5, 5.41) is 3.68. The lowest BCUT2D eigenvalue weighted by Crippen LogP contribution is -2.40. The molecular formula is C11H21NO2S. The highest BCUT2D eigenvalue weighted by Crippen LogP contribution is 2.29. The van der Waals surface area contributed by atoms with Crippen LogP contribution in [0.25, 0.3) is 0 Å². The van der Waals surface area contributed by atoms with Crippen molar-refractivity contribution in [2.24, 2.45) is 0 Å². The van der Waals surface area contributed by atoms with Crippen LogP contribution >= 0.6 is 11.8 Å². The second kappa shape index (κ2) is 7.12. The minimum atomic E-state index is 0.0328. The maximum Gasteiger partial charge on any atom is 0.246 e. The van der Waals surface area contributed by atoms with Crippen molar-refractivity contribution in [3.05, 3.63) is 0 Å². The molecule has 0 spiro atoms. The molecule has 0 aromatic carbocycles. The highest BCUT2D eigenvalue weighted by molar-refractivity contribution is 7.99. The summed E-state index contributed by atoms with van der Waals surface area (Å²) in [6.45, 7) is 4.88. The fraction of sp³-hybridized carbons (Fsp3) is 0.909. The van der Waals surface area contributed by atoms with Crippen LogP contribution in [0.3, 0.4) is 0 Å². The summed E-state index contributed by atoms with van der Waals surface area (Å²) in [4.78, 5) is 11.5. The molecule has 1 amide bonds. The largest absolute Gasteiger partial charge is 0.372 e. The van der Waals surface area contributed by atoms with Crippen LogP contribution in [0.2, 0.25) is 0 Å². The molecule has 88 valence electrons. The van der Waals surface area contributed by atoms with E-state index in [1.807, 2.05) is 18.7 Å². The number of ether oxygens (including phenoxy) is 1. The van der Waals surface area contributed by atoms with E-state index in [4.69, 9.17) is 4.74 Å². The van der Waals surface area contributed by atoms with Gasteiger partial charge in [0, 0.05) is 17.9 Å². The predicted molar refractivity (Wildman–Crippen MR) is 64.2 cm³/mol. The van der Waals surface area contributed by atoms with E-state index in [-0.39, 0.29) is 12.5 Å². The second-order valence-electron chi connectivity index (χ2n) is 3.74. The molecule has 0 radical (unpaired) electrons. The van der Waals surface area contributed by atoms with Gasteiger partial charge in [-0.2, -0.15) is 11.8 Å². The molecule has 1 aliphatic carbocycles. The molecule has 2 unspecified atom stereocenters. The van der Waals surface area contributed by atoms with Crippen molar-refractivity contribution in [3.63, 3.8) is 0 Å². The highest BCUT2D eigenvalue weighted by Gasteiger charge is 2.28. The molecule has 1 fully saturated rings. The van der Waals surface area contributed by atoms with Crippen molar-refractivity contribution in [3.8, 4) is 0 Å². The Morgan fingerprint density at radius 3 is 2.93 bits per heavy atom. The van der Waals surface area contributed by atoms with Crippen LogP contribution in [-0.2, 0) is 9.53 Å². The molecule has 1 N–H and O–H groups in total. The number of rotatable bonds is 6. The van der Waals surface area contributed by atoms with E-state index < -0.39 is 0 Å². The van der Waals surface area contributed by atoms with Crippen LogP contribution in [0.5, 0.6) is 0 Å². The molecule has 0 aliphatic heterocycles. The molecule has 0 aromatic heterocycles. The average molecular weight is 231 g/mol. The molecule has 1 rings (SSSR count). The van der Waals surface area contributed by atoms with Crippen molar-refractivity contribution >= 4 is 17.7 Å². The van der Waals surface area contributed by atoms with E-state index in [2.05, 4.69) is 12.2 Å². The smallest absolute Gasteiger partial charge is 0.246 e. The minimum Gasteiger partial charge on any atom is -0.372 e. The van der Waals surface area contributed by atoms with Gasteiger partial charge in [0.25, 0.3) is 0 Å². The predicted octanol–water partition coefficient (Wildman–Crippen LogP) is 1.81. The molecule has 4 heteroatoms. The summed E-state index contributed by atoms with van der Waals surface area (Å²) in [5.74, 6) is 1.16. The first-order chi connectivity index (χ1) is 7.27. The number of carbonyl (C=O) groups is 1. The summed E-state index contributed by atoms with van der Waals surface area (Å²) < 4.78 is 5.08. The van der Waals surface area contributed by atoms with E-state index in [0.717, 1.165) is 12.2 Å². The van der Waals surface area contributed by atoms with Crippen LogP contribution in [0, 0.1) is 0 Å². The van der Waals surface area contributed by atoms with Crippen LogP contribution in [-0.4, -0.2) is 36.2 Å². The summed E-state index contributed by atoms with van der Waals surface area (Å²) >= 11 is 1.96. The number of hydrogen-bond donors (Lipinski definition) is 1. The Bertz CT molecular complexity index is 199. The lowest BCUT2D eigenvalue weighted by Gasteiger charge is -2.19. The fourth-order valence-electron chi connectivity index (χ4n) is 1.95. The number of carbonyl (C=O) groups excluding carboxylic acids is 1.